The number of nitrogens with zero attached hydrogens (tertiary/aromatic N) is 6. The third kappa shape index (κ3) is 6.34. The molecule has 0 amide bonds. The molecule has 1 N–H and O–H groups in total. The fourth-order valence-electron chi connectivity index (χ4n) is 5.82. The van der Waals surface area contributed by atoms with Crippen LogP contribution in [0, 0.1) is 11.8 Å². The van der Waals surface area contributed by atoms with Crippen molar-refractivity contribution in [2.75, 3.05) is 22.9 Å². The molecule has 6 rings (SSSR count). The zero-order valence-corrected chi connectivity index (χ0v) is 23.5. The Kier molecular flexibility index (Phi) is 7.12. The predicted octanol–water partition coefficient (Wildman–Crippen LogP) is 6.69. The molecule has 2 heterocycles. The number of fused-ring (bicyclic) bond motifs is 1. The van der Waals surface area contributed by atoms with E-state index in [2.05, 4.69) is 45.4 Å². The van der Waals surface area contributed by atoms with E-state index >= 15 is 0 Å². The van der Waals surface area contributed by atoms with Crippen LogP contribution in [0.5, 0.6) is 0 Å². The van der Waals surface area contributed by atoms with Crippen LogP contribution in [0.15, 0.2) is 24.3 Å². The third-order valence-electron chi connectivity index (χ3n) is 8.47. The lowest BCUT2D eigenvalue weighted by Crippen LogP contribution is -2.32. The molecule has 0 atom stereocenters. The number of alkyl halides is 6. The maximum atomic E-state index is 13.6. The topological polar surface area (TPSA) is 73.8 Å². The van der Waals surface area contributed by atoms with E-state index in [4.69, 9.17) is 4.98 Å². The van der Waals surface area contributed by atoms with Gasteiger partial charge in [-0.2, -0.15) is 31.6 Å². The zero-order chi connectivity index (χ0) is 29.9. The summed E-state index contributed by atoms with van der Waals surface area (Å²) >= 11 is 0. The van der Waals surface area contributed by atoms with Gasteiger partial charge in [0.2, 0.25) is 0 Å². The van der Waals surface area contributed by atoms with E-state index in [1.54, 1.807) is 4.90 Å². The van der Waals surface area contributed by atoms with Crippen LogP contribution in [-0.2, 0) is 37.3 Å². The number of H-pyrrole nitrogens is 1. The van der Waals surface area contributed by atoms with Crippen molar-refractivity contribution in [1.82, 2.24) is 25.6 Å². The Balaban J connectivity index is 1.40. The lowest BCUT2D eigenvalue weighted by molar-refractivity contribution is -0.143. The average molecular weight is 594 g/mol. The fourth-order valence-corrected chi connectivity index (χ4v) is 5.82. The second-order valence-electron chi connectivity index (χ2n) is 12.6. The Hall–Kier alpha value is -3.38. The highest BCUT2D eigenvalue weighted by Crippen LogP contribution is 2.42. The number of rotatable bonds is 10. The molecule has 0 spiro atoms. The number of aromatic amines is 1. The second kappa shape index (κ2) is 10.4. The molecule has 2 aromatic heterocycles. The van der Waals surface area contributed by atoms with Gasteiger partial charge in [-0.05, 0) is 91.0 Å². The standard InChI is InChI=1S/C29H33F6N7/c1-27(2)8-7-20-11-21(25(36-24(20)27)41(13-17-3-4-17)14-18-5-6-18)16-42(26-37-39-40-38-26)15-19-9-22(28(30,31)32)12-23(10-19)29(33,34)35/h9-12,17-18H,3-8,13-16H2,1-2H3,(H,37,38,39,40). The van der Waals surface area contributed by atoms with Gasteiger partial charge in [0.1, 0.15) is 5.82 Å². The minimum absolute atomic E-state index is 0.0729. The van der Waals surface area contributed by atoms with Gasteiger partial charge in [0, 0.05) is 37.2 Å². The molecule has 13 heteroatoms. The number of benzene rings is 1. The Labute approximate surface area is 239 Å². The maximum Gasteiger partial charge on any atom is 0.416 e. The first-order chi connectivity index (χ1) is 19.8. The molecule has 0 saturated heterocycles. The van der Waals surface area contributed by atoms with Crippen LogP contribution in [0.4, 0.5) is 38.1 Å². The summed E-state index contributed by atoms with van der Waals surface area (Å²) in [6.07, 6.45) is -3.43. The number of nitrogens with one attached hydrogen (secondary N) is 1. The molecule has 42 heavy (non-hydrogen) atoms. The Bertz CT molecular complexity index is 1380. The van der Waals surface area contributed by atoms with Gasteiger partial charge in [0.05, 0.1) is 16.8 Å². The van der Waals surface area contributed by atoms with Crippen LogP contribution >= 0.6 is 0 Å². The molecule has 3 aromatic rings. The molecule has 2 saturated carbocycles. The number of hydrogen-bond donors (Lipinski definition) is 1. The largest absolute Gasteiger partial charge is 0.416 e. The number of aromatic nitrogens is 5. The van der Waals surface area contributed by atoms with Crippen molar-refractivity contribution in [2.45, 2.75) is 83.2 Å². The summed E-state index contributed by atoms with van der Waals surface area (Å²) in [7, 11) is 0. The molecule has 0 unspecified atom stereocenters. The van der Waals surface area contributed by atoms with Crippen molar-refractivity contribution in [3.63, 3.8) is 0 Å². The zero-order valence-electron chi connectivity index (χ0n) is 23.5. The van der Waals surface area contributed by atoms with E-state index in [0.29, 0.717) is 11.8 Å². The van der Waals surface area contributed by atoms with Crippen molar-refractivity contribution >= 4 is 11.8 Å². The Morgan fingerprint density at radius 1 is 0.857 bits per heavy atom. The summed E-state index contributed by atoms with van der Waals surface area (Å²) < 4.78 is 81.7. The molecule has 7 nitrogen and oxygen atoms in total. The van der Waals surface area contributed by atoms with Gasteiger partial charge in [0.25, 0.3) is 5.95 Å². The number of hydrogen-bond acceptors (Lipinski definition) is 6. The smallest absolute Gasteiger partial charge is 0.356 e. The molecule has 3 aliphatic rings. The van der Waals surface area contributed by atoms with E-state index in [1.165, 1.54) is 25.7 Å². The number of anilines is 2. The molecule has 0 radical (unpaired) electrons. The molecular weight excluding hydrogens is 560 g/mol. The van der Waals surface area contributed by atoms with Gasteiger partial charge in [-0.25, -0.2) is 4.98 Å². The van der Waals surface area contributed by atoms with E-state index in [0.717, 1.165) is 60.7 Å². The average Bonchev–Trinajstić information content (AvgIpc) is 3.82. The van der Waals surface area contributed by atoms with E-state index < -0.39 is 23.5 Å². The van der Waals surface area contributed by atoms with Gasteiger partial charge < -0.3 is 9.80 Å². The van der Waals surface area contributed by atoms with Crippen molar-refractivity contribution < 1.29 is 26.3 Å². The lowest BCUT2D eigenvalue weighted by atomic mass is 9.90. The van der Waals surface area contributed by atoms with E-state index in [-0.39, 0.29) is 36.1 Å². The normalized spacial score (nSPS) is 18.3. The number of pyridine rings is 1. The molecule has 0 bridgehead atoms. The fraction of sp³-hybridized carbons (Fsp3) is 0.586. The highest BCUT2D eigenvalue weighted by molar-refractivity contribution is 5.54. The van der Waals surface area contributed by atoms with Crippen molar-refractivity contribution in [3.05, 3.63) is 57.8 Å². The molecular formula is C29H33F6N7. The van der Waals surface area contributed by atoms with Crippen LogP contribution in [0.1, 0.15) is 79.5 Å². The number of aryl methyl sites for hydroxylation is 1. The SMILES string of the molecule is CC1(C)CCc2cc(CN(Cc3cc(C(F)(F)F)cc(C(F)(F)F)c3)c3nn[nH]n3)c(N(CC3CC3)CC3CC3)nc21. The quantitative estimate of drug-likeness (QED) is 0.264. The maximum absolute atomic E-state index is 13.6. The van der Waals surface area contributed by atoms with Crippen molar-refractivity contribution in [1.29, 1.82) is 0 Å². The first-order valence-electron chi connectivity index (χ1n) is 14.3. The van der Waals surface area contributed by atoms with Gasteiger partial charge in [-0.15, -0.1) is 5.10 Å². The highest BCUT2D eigenvalue weighted by atomic mass is 19.4. The molecule has 2 fully saturated rings. The van der Waals surface area contributed by atoms with Gasteiger partial charge >= 0.3 is 12.4 Å². The second-order valence-corrected chi connectivity index (χ2v) is 12.6. The summed E-state index contributed by atoms with van der Waals surface area (Å²) in [5.74, 6) is 2.09. The molecule has 3 aliphatic carbocycles. The minimum atomic E-state index is -4.94. The molecule has 226 valence electrons. The van der Waals surface area contributed by atoms with Gasteiger partial charge in [-0.3, -0.25) is 0 Å². The van der Waals surface area contributed by atoms with Crippen LogP contribution in [0.2, 0.25) is 0 Å². The van der Waals surface area contributed by atoms with Crippen LogP contribution < -0.4 is 9.80 Å². The number of halogens is 6. The molecule has 0 aliphatic heterocycles. The first-order valence-corrected chi connectivity index (χ1v) is 14.3. The van der Waals surface area contributed by atoms with E-state index in [9.17, 15) is 26.3 Å². The third-order valence-corrected chi connectivity index (χ3v) is 8.47. The predicted molar refractivity (Wildman–Crippen MR) is 144 cm³/mol. The monoisotopic (exact) mass is 593 g/mol. The van der Waals surface area contributed by atoms with Crippen molar-refractivity contribution in [3.8, 4) is 0 Å². The summed E-state index contributed by atoms with van der Waals surface area (Å²) in [5.41, 5.74) is 0.0456. The van der Waals surface area contributed by atoms with Gasteiger partial charge in [0.15, 0.2) is 0 Å². The summed E-state index contributed by atoms with van der Waals surface area (Å²) in [4.78, 5) is 9.14. The highest BCUT2D eigenvalue weighted by Gasteiger charge is 2.38. The lowest BCUT2D eigenvalue weighted by Gasteiger charge is -2.30. The van der Waals surface area contributed by atoms with E-state index in [1.807, 2.05) is 0 Å². The minimum Gasteiger partial charge on any atom is -0.356 e. The summed E-state index contributed by atoms with van der Waals surface area (Å²) in [6, 6.07) is 3.75. The first kappa shape index (κ1) is 28.7. The van der Waals surface area contributed by atoms with Crippen molar-refractivity contribution in [2.24, 2.45) is 11.8 Å². The van der Waals surface area contributed by atoms with Crippen LogP contribution in [0.25, 0.3) is 0 Å². The molecule has 1 aromatic carbocycles. The Morgan fingerprint density at radius 3 is 2.00 bits per heavy atom. The summed E-state index contributed by atoms with van der Waals surface area (Å²) in [6.45, 7) is 5.96. The Morgan fingerprint density at radius 2 is 1.48 bits per heavy atom. The van der Waals surface area contributed by atoms with Crippen LogP contribution in [-0.4, -0.2) is 38.7 Å². The number of tetrazole rings is 1. The summed E-state index contributed by atoms with van der Waals surface area (Å²) in [5, 5.41) is 14.0. The van der Waals surface area contributed by atoms with Crippen LogP contribution in [0.3, 0.4) is 0 Å². The van der Waals surface area contributed by atoms with Gasteiger partial charge in [-0.1, -0.05) is 18.9 Å².